The van der Waals surface area contributed by atoms with E-state index < -0.39 is 5.97 Å². The van der Waals surface area contributed by atoms with E-state index >= 15 is 0 Å². The third-order valence-corrected chi connectivity index (χ3v) is 7.05. The number of rotatable bonds is 4. The SMILES string of the molecule is O=C(O)c1cccc(C#Cc2ccc(CN3CCc4ccccc4C3)cc2)c1-c1ccc2cc[nH]c2c1. The Morgan fingerprint density at radius 3 is 2.57 bits per heavy atom. The summed E-state index contributed by atoms with van der Waals surface area (Å²) < 4.78 is 0. The van der Waals surface area contributed by atoms with E-state index in [4.69, 9.17) is 0 Å². The Balaban J connectivity index is 1.25. The lowest BCUT2D eigenvalue weighted by Gasteiger charge is -2.28. The van der Waals surface area contributed by atoms with Crippen molar-refractivity contribution in [1.82, 2.24) is 9.88 Å². The molecule has 180 valence electrons. The van der Waals surface area contributed by atoms with Crippen LogP contribution in [0, 0.1) is 11.8 Å². The summed E-state index contributed by atoms with van der Waals surface area (Å²) in [7, 11) is 0. The van der Waals surface area contributed by atoms with Gasteiger partial charge in [-0.05, 0) is 70.5 Å². The van der Waals surface area contributed by atoms with Crippen LogP contribution in [0.5, 0.6) is 0 Å². The fraction of sp³-hybridized carbons (Fsp3) is 0.121. The lowest BCUT2D eigenvalue weighted by molar-refractivity contribution is 0.0697. The number of carboxylic acid groups (broad SMARTS) is 1. The Bertz CT molecular complexity index is 1670. The molecule has 1 aromatic heterocycles. The molecule has 2 heterocycles. The predicted molar refractivity (Wildman–Crippen MR) is 147 cm³/mol. The van der Waals surface area contributed by atoms with Gasteiger partial charge in [-0.3, -0.25) is 4.90 Å². The van der Waals surface area contributed by atoms with Gasteiger partial charge in [0.25, 0.3) is 0 Å². The maximum absolute atomic E-state index is 12.0. The van der Waals surface area contributed by atoms with Crippen molar-refractivity contribution in [3.63, 3.8) is 0 Å². The maximum atomic E-state index is 12.0. The first-order chi connectivity index (χ1) is 18.1. The Labute approximate surface area is 216 Å². The topological polar surface area (TPSA) is 56.3 Å². The number of carboxylic acids is 1. The van der Waals surface area contributed by atoms with Crippen molar-refractivity contribution in [1.29, 1.82) is 0 Å². The third kappa shape index (κ3) is 4.78. The molecule has 0 spiro atoms. The van der Waals surface area contributed by atoms with E-state index in [0.717, 1.165) is 48.1 Å². The van der Waals surface area contributed by atoms with Crippen LogP contribution in [0.3, 0.4) is 0 Å². The Kier molecular flexibility index (Phi) is 6.06. The summed E-state index contributed by atoms with van der Waals surface area (Å²) in [4.78, 5) is 17.7. The number of H-pyrrole nitrogens is 1. The minimum Gasteiger partial charge on any atom is -0.478 e. The second-order valence-corrected chi connectivity index (χ2v) is 9.49. The van der Waals surface area contributed by atoms with Gasteiger partial charge in [-0.1, -0.05) is 66.4 Å². The molecule has 0 unspecified atom stereocenters. The highest BCUT2D eigenvalue weighted by molar-refractivity contribution is 5.99. The van der Waals surface area contributed by atoms with E-state index in [-0.39, 0.29) is 5.56 Å². The summed E-state index contributed by atoms with van der Waals surface area (Å²) >= 11 is 0. The molecule has 0 saturated heterocycles. The predicted octanol–water partition coefficient (Wildman–Crippen LogP) is 6.49. The number of aromatic amines is 1. The van der Waals surface area contributed by atoms with Crippen LogP contribution in [0.25, 0.3) is 22.0 Å². The van der Waals surface area contributed by atoms with Crippen LogP contribution in [0.2, 0.25) is 0 Å². The van der Waals surface area contributed by atoms with Crippen LogP contribution in [0.15, 0.2) is 97.2 Å². The molecule has 6 rings (SSSR count). The standard InChI is InChI=1S/C33H26N2O2/c36-33(37)30-7-3-6-27(32(30)28-15-14-26-16-18-34-31(26)20-28)13-12-23-8-10-24(11-9-23)21-35-19-17-25-4-1-2-5-29(25)22-35/h1-11,14-16,18,20,34H,17,19,21-22H2,(H,36,37). The fourth-order valence-corrected chi connectivity index (χ4v) is 5.13. The zero-order valence-electron chi connectivity index (χ0n) is 20.4. The quantitative estimate of drug-likeness (QED) is 0.288. The highest BCUT2D eigenvalue weighted by Crippen LogP contribution is 2.30. The zero-order valence-corrected chi connectivity index (χ0v) is 20.4. The first kappa shape index (κ1) is 22.8. The number of fused-ring (bicyclic) bond motifs is 2. The van der Waals surface area contributed by atoms with E-state index in [2.05, 4.69) is 58.1 Å². The Hall–Kier alpha value is -4.59. The molecule has 1 aliphatic rings. The molecule has 5 aromatic rings. The summed E-state index contributed by atoms with van der Waals surface area (Å²) in [6, 6.07) is 30.3. The van der Waals surface area contributed by atoms with Crippen LogP contribution in [-0.4, -0.2) is 27.5 Å². The average molecular weight is 483 g/mol. The summed E-state index contributed by atoms with van der Waals surface area (Å²) in [5, 5.41) is 11.0. The maximum Gasteiger partial charge on any atom is 0.336 e. The van der Waals surface area contributed by atoms with Gasteiger partial charge in [0.15, 0.2) is 0 Å². The van der Waals surface area contributed by atoms with Gasteiger partial charge in [-0.25, -0.2) is 4.79 Å². The lowest BCUT2D eigenvalue weighted by atomic mass is 9.93. The molecular weight excluding hydrogens is 456 g/mol. The first-order valence-corrected chi connectivity index (χ1v) is 12.5. The van der Waals surface area contributed by atoms with Crippen LogP contribution >= 0.6 is 0 Å². The average Bonchev–Trinajstić information content (AvgIpc) is 3.40. The summed E-state index contributed by atoms with van der Waals surface area (Å²) in [6.45, 7) is 2.96. The number of benzene rings is 4. The summed E-state index contributed by atoms with van der Waals surface area (Å²) in [5.74, 6) is 5.53. The van der Waals surface area contributed by atoms with Crippen molar-refractivity contribution in [2.45, 2.75) is 19.5 Å². The Morgan fingerprint density at radius 1 is 0.892 bits per heavy atom. The van der Waals surface area contributed by atoms with Crippen molar-refractivity contribution in [3.8, 4) is 23.0 Å². The van der Waals surface area contributed by atoms with Crippen LogP contribution in [0.4, 0.5) is 0 Å². The fourth-order valence-electron chi connectivity index (χ4n) is 5.13. The molecule has 37 heavy (non-hydrogen) atoms. The zero-order chi connectivity index (χ0) is 25.2. The normalized spacial score (nSPS) is 13.1. The molecule has 4 nitrogen and oxygen atoms in total. The van der Waals surface area contributed by atoms with Crippen molar-refractivity contribution in [2.75, 3.05) is 6.54 Å². The molecule has 0 bridgehead atoms. The molecule has 0 atom stereocenters. The number of aromatic carboxylic acids is 1. The minimum atomic E-state index is -0.963. The first-order valence-electron chi connectivity index (χ1n) is 12.5. The minimum absolute atomic E-state index is 0.246. The molecule has 0 radical (unpaired) electrons. The van der Waals surface area contributed by atoms with E-state index in [1.165, 1.54) is 16.7 Å². The molecule has 0 fully saturated rings. The third-order valence-electron chi connectivity index (χ3n) is 7.05. The molecule has 2 N–H and O–H groups in total. The lowest BCUT2D eigenvalue weighted by Crippen LogP contribution is -2.29. The number of aromatic nitrogens is 1. The number of nitrogens with zero attached hydrogens (tertiary/aromatic N) is 1. The van der Waals surface area contributed by atoms with Crippen molar-refractivity contribution in [2.24, 2.45) is 0 Å². The van der Waals surface area contributed by atoms with Crippen molar-refractivity contribution in [3.05, 3.63) is 131 Å². The molecule has 0 saturated carbocycles. The highest BCUT2D eigenvalue weighted by Gasteiger charge is 2.17. The monoisotopic (exact) mass is 482 g/mol. The Morgan fingerprint density at radius 2 is 1.73 bits per heavy atom. The van der Waals surface area contributed by atoms with E-state index in [9.17, 15) is 9.90 Å². The van der Waals surface area contributed by atoms with Gasteiger partial charge in [0.2, 0.25) is 0 Å². The van der Waals surface area contributed by atoms with Crippen LogP contribution < -0.4 is 0 Å². The van der Waals surface area contributed by atoms with Gasteiger partial charge < -0.3 is 10.1 Å². The van der Waals surface area contributed by atoms with Gasteiger partial charge in [0, 0.05) is 48.0 Å². The summed E-state index contributed by atoms with van der Waals surface area (Å²) in [5.41, 5.74) is 8.42. The number of nitrogens with one attached hydrogen (secondary N) is 1. The van der Waals surface area contributed by atoms with Crippen LogP contribution in [0.1, 0.15) is 38.2 Å². The molecule has 4 heteroatoms. The van der Waals surface area contributed by atoms with Gasteiger partial charge in [-0.2, -0.15) is 0 Å². The van der Waals surface area contributed by atoms with E-state index in [1.807, 2.05) is 48.7 Å². The van der Waals surface area contributed by atoms with E-state index in [1.54, 1.807) is 12.1 Å². The van der Waals surface area contributed by atoms with Crippen LogP contribution in [-0.2, 0) is 19.5 Å². The smallest absolute Gasteiger partial charge is 0.336 e. The van der Waals surface area contributed by atoms with Gasteiger partial charge in [0.05, 0.1) is 5.56 Å². The molecule has 1 aliphatic heterocycles. The summed E-state index contributed by atoms with van der Waals surface area (Å²) in [6.07, 6.45) is 2.97. The second-order valence-electron chi connectivity index (χ2n) is 9.49. The van der Waals surface area contributed by atoms with Crippen molar-refractivity contribution >= 4 is 16.9 Å². The number of carbonyl (C=O) groups is 1. The van der Waals surface area contributed by atoms with E-state index in [0.29, 0.717) is 11.1 Å². The second kappa shape index (κ2) is 9.81. The largest absolute Gasteiger partial charge is 0.478 e. The number of hydrogen-bond acceptors (Lipinski definition) is 2. The molecular formula is C33H26N2O2. The highest BCUT2D eigenvalue weighted by atomic mass is 16.4. The van der Waals surface area contributed by atoms with Gasteiger partial charge >= 0.3 is 5.97 Å². The molecule has 0 amide bonds. The number of hydrogen-bond donors (Lipinski definition) is 2. The molecule has 0 aliphatic carbocycles. The van der Waals surface area contributed by atoms with Crippen molar-refractivity contribution < 1.29 is 9.90 Å². The molecule has 4 aromatic carbocycles. The van der Waals surface area contributed by atoms with Gasteiger partial charge in [0.1, 0.15) is 0 Å². The van der Waals surface area contributed by atoms with Gasteiger partial charge in [-0.15, -0.1) is 0 Å².